The van der Waals surface area contributed by atoms with Crippen LogP contribution in [0, 0.1) is 0 Å². The second-order valence-corrected chi connectivity index (χ2v) is 4.09. The van der Waals surface area contributed by atoms with Crippen LogP contribution in [0.1, 0.15) is 25.7 Å². The largest absolute Gasteiger partial charge is 0.550 e. The molecule has 0 aromatic carbocycles. The molecule has 2 radical (unpaired) electrons. The van der Waals surface area contributed by atoms with Crippen molar-refractivity contribution in [3.05, 3.63) is 0 Å². The third kappa shape index (κ3) is 18.6. The second kappa shape index (κ2) is 17.2. The molecule has 0 aromatic rings. The van der Waals surface area contributed by atoms with Gasteiger partial charge in [0.15, 0.2) is 0 Å². The molecule has 2 atom stereocenters. The molecule has 0 aliphatic heterocycles. The van der Waals surface area contributed by atoms with Crippen LogP contribution in [-0.2, 0) is 19.2 Å². The Kier molecular flexibility index (Phi) is 19.4. The van der Waals surface area contributed by atoms with E-state index in [9.17, 15) is 39.6 Å². The van der Waals surface area contributed by atoms with E-state index in [2.05, 4.69) is 9.98 Å². The average molecular weight is 482 g/mol. The average Bonchev–Trinajstić information content (AvgIpc) is 2.47. The summed E-state index contributed by atoms with van der Waals surface area (Å²) in [6.45, 7) is 0. The molecule has 0 saturated heterocycles. The van der Waals surface area contributed by atoms with E-state index >= 15 is 0 Å². The molecule has 138 valence electrons. The van der Waals surface area contributed by atoms with Gasteiger partial charge in [-0.2, -0.15) is 0 Å². The van der Waals surface area contributed by atoms with Gasteiger partial charge in [0.05, 0.1) is 36.7 Å². The van der Waals surface area contributed by atoms with Crippen molar-refractivity contribution in [1.29, 1.82) is 0 Å². The first-order valence-corrected chi connectivity index (χ1v) is 6.43. The molecule has 0 heterocycles. The Balaban J connectivity index is -0.000000372. The Hall–Kier alpha value is -1.61. The van der Waals surface area contributed by atoms with Gasteiger partial charge in [-0.25, -0.2) is 0 Å². The van der Waals surface area contributed by atoms with Gasteiger partial charge < -0.3 is 51.1 Å². The summed E-state index contributed by atoms with van der Waals surface area (Å²) in [6, 6.07) is -2.40. The van der Waals surface area contributed by atoms with Crippen molar-refractivity contribution in [3.8, 4) is 0 Å². The summed E-state index contributed by atoms with van der Waals surface area (Å²) < 4.78 is 0. The normalized spacial score (nSPS) is 12.5. The molecule has 0 rings (SSSR count). The van der Waals surface area contributed by atoms with Crippen LogP contribution in [0.5, 0.6) is 0 Å². The summed E-state index contributed by atoms with van der Waals surface area (Å²) in [5, 5.41) is 40.3. The minimum atomic E-state index is -1.45. The summed E-state index contributed by atoms with van der Waals surface area (Å²) in [5.41, 5.74) is 9.66. The smallest absolute Gasteiger partial charge is 0.0913 e. The van der Waals surface area contributed by atoms with E-state index in [4.69, 9.17) is 11.5 Å². The molecule has 0 amide bonds. The van der Waals surface area contributed by atoms with Crippen LogP contribution in [0.2, 0.25) is 0 Å². The third-order valence-electron chi connectivity index (χ3n) is 2.32. The van der Waals surface area contributed by atoms with Gasteiger partial charge in [-0.05, 0) is 25.7 Å². The summed E-state index contributed by atoms with van der Waals surface area (Å²) in [5.74, 6) is -5.54. The maximum Gasteiger partial charge on any atom is 0.0913 e. The molecule has 13 heteroatoms. The van der Waals surface area contributed by atoms with Gasteiger partial charge in [0.2, 0.25) is 0 Å². The maximum atomic E-state index is 10.2. The molecule has 12 nitrogen and oxygen atoms in total. The topological polar surface area (TPSA) is 237 Å². The van der Waals surface area contributed by atoms with Crippen molar-refractivity contribution in [2.45, 2.75) is 37.8 Å². The van der Waals surface area contributed by atoms with Crippen molar-refractivity contribution in [1.82, 2.24) is 0 Å². The Morgan fingerprint density at radius 3 is 1.20 bits per heavy atom. The van der Waals surface area contributed by atoms with E-state index in [1.807, 2.05) is 0 Å². The molecular formula is C12H16BaN4O8-4. The minimum absolute atomic E-state index is 0. The van der Waals surface area contributed by atoms with Gasteiger partial charge >= 0.3 is 0 Å². The molecule has 0 aliphatic rings. The van der Waals surface area contributed by atoms with Crippen molar-refractivity contribution in [2.24, 2.45) is 21.5 Å². The number of nitrogens with two attached hydrogens (primary N) is 2. The molecule has 0 unspecified atom stereocenters. The predicted molar refractivity (Wildman–Crippen MR) is 77.2 cm³/mol. The Morgan fingerprint density at radius 2 is 1.04 bits per heavy atom. The van der Waals surface area contributed by atoms with Crippen LogP contribution < -0.4 is 31.9 Å². The zero-order valence-electron chi connectivity index (χ0n) is 13.2. The van der Waals surface area contributed by atoms with Crippen molar-refractivity contribution in [3.63, 3.8) is 0 Å². The van der Waals surface area contributed by atoms with Gasteiger partial charge in [-0.15, -0.1) is 0 Å². The van der Waals surface area contributed by atoms with Gasteiger partial charge in [0.25, 0.3) is 0 Å². The molecule has 0 fully saturated rings. The van der Waals surface area contributed by atoms with E-state index in [0.717, 1.165) is 12.7 Å². The standard InChI is InChI=1S/2C6H10N2O4.Ba/c2*7-3-8-4(6(11)12)1-2-5(9)10;/h2*3-4H,1-2H2,(H2,7,8)(H,9,10)(H,11,12);/p-4/t2*4-;/m00./s1. The summed E-state index contributed by atoms with van der Waals surface area (Å²) in [7, 11) is 0. The number of carbonyl (C=O) groups is 4. The number of carboxylic acid groups (broad SMARTS) is 4. The first-order chi connectivity index (χ1) is 11.1. The van der Waals surface area contributed by atoms with E-state index in [1.165, 1.54) is 0 Å². The SMILES string of the molecule is NC=N[C@@H](CCC(=O)[O-])C(=O)[O-].NC=N[C@@H](CCC(=O)[O-])C(=O)[O-].[Ba]. The second-order valence-electron chi connectivity index (χ2n) is 4.09. The van der Waals surface area contributed by atoms with Crippen LogP contribution in [0.15, 0.2) is 9.98 Å². The number of aliphatic carboxylic acids is 4. The summed E-state index contributed by atoms with van der Waals surface area (Å²) in [4.78, 5) is 46.9. The molecule has 25 heavy (non-hydrogen) atoms. The van der Waals surface area contributed by atoms with Crippen LogP contribution in [0.3, 0.4) is 0 Å². The van der Waals surface area contributed by atoms with Gasteiger partial charge in [0.1, 0.15) is 0 Å². The fourth-order valence-corrected chi connectivity index (χ4v) is 1.22. The molecule has 0 aliphatic carbocycles. The maximum absolute atomic E-state index is 10.2. The predicted octanol–water partition coefficient (Wildman–Crippen LogP) is -7.14. The van der Waals surface area contributed by atoms with E-state index < -0.39 is 36.0 Å². The first kappa shape index (κ1) is 28.2. The van der Waals surface area contributed by atoms with E-state index in [1.54, 1.807) is 0 Å². The monoisotopic (exact) mass is 482 g/mol. The number of carboxylic acids is 4. The number of nitrogens with zero attached hydrogens (tertiary/aromatic N) is 2. The number of carbonyl (C=O) groups excluding carboxylic acids is 4. The summed E-state index contributed by atoms with van der Waals surface area (Å²) in [6.07, 6.45) is 0.508. The van der Waals surface area contributed by atoms with Crippen LogP contribution in [0.25, 0.3) is 0 Å². The van der Waals surface area contributed by atoms with E-state index in [0.29, 0.717) is 0 Å². The van der Waals surface area contributed by atoms with Gasteiger partial charge in [-0.3, -0.25) is 9.98 Å². The van der Waals surface area contributed by atoms with Crippen molar-refractivity contribution in [2.75, 3.05) is 0 Å². The number of hydrogen-bond donors (Lipinski definition) is 2. The molecule has 0 aromatic heterocycles. The number of rotatable bonds is 10. The summed E-state index contributed by atoms with van der Waals surface area (Å²) >= 11 is 0. The Labute approximate surface area is 183 Å². The minimum Gasteiger partial charge on any atom is -0.550 e. The fourth-order valence-electron chi connectivity index (χ4n) is 1.22. The Bertz CT molecular complexity index is 454. The molecule has 0 spiro atoms. The van der Waals surface area contributed by atoms with Crippen LogP contribution >= 0.6 is 0 Å². The van der Waals surface area contributed by atoms with Crippen molar-refractivity contribution < 1.29 is 39.6 Å². The molecule has 0 saturated carbocycles. The Morgan fingerprint density at radius 1 is 0.760 bits per heavy atom. The molecular weight excluding hydrogens is 465 g/mol. The fraction of sp³-hybridized carbons (Fsp3) is 0.500. The van der Waals surface area contributed by atoms with Gasteiger partial charge in [-0.1, -0.05) is 0 Å². The van der Waals surface area contributed by atoms with Crippen LogP contribution in [0.4, 0.5) is 0 Å². The first-order valence-electron chi connectivity index (χ1n) is 6.43. The zero-order valence-corrected chi connectivity index (χ0v) is 17.6. The molecule has 4 N–H and O–H groups in total. The third-order valence-corrected chi connectivity index (χ3v) is 2.32. The van der Waals surface area contributed by atoms with Gasteiger partial charge in [0, 0.05) is 60.8 Å². The molecule has 0 bridgehead atoms. The van der Waals surface area contributed by atoms with Crippen molar-refractivity contribution >= 4 is 85.4 Å². The van der Waals surface area contributed by atoms with Crippen LogP contribution in [-0.4, -0.2) is 97.5 Å². The quantitative estimate of drug-likeness (QED) is 0.170. The number of aliphatic imine (C=N–C) groups is 2. The zero-order chi connectivity index (χ0) is 19.1. The van der Waals surface area contributed by atoms with E-state index in [-0.39, 0.29) is 74.6 Å². The number of hydrogen-bond acceptors (Lipinski definition) is 10.